The molecule has 3 aromatic rings. The van der Waals surface area contributed by atoms with E-state index in [1.54, 1.807) is 0 Å². The smallest absolute Gasteiger partial charge is 0.0482 e. The number of nitrogens with zero attached hydrogens (tertiary/aromatic N) is 2. The molecule has 2 nitrogen and oxygen atoms in total. The van der Waals surface area contributed by atoms with E-state index in [0.29, 0.717) is 0 Å². The Kier molecular flexibility index (Phi) is 5.99. The quantitative estimate of drug-likeness (QED) is 0.440. The molecule has 0 aliphatic rings. The normalized spacial score (nSPS) is 12.0. The number of rotatable bonds is 4. The van der Waals surface area contributed by atoms with Crippen molar-refractivity contribution in [1.29, 1.82) is 0 Å². The third kappa shape index (κ3) is 4.87. The summed E-state index contributed by atoms with van der Waals surface area (Å²) in [5.41, 5.74) is 7.66. The fourth-order valence-corrected chi connectivity index (χ4v) is 3.58. The molecule has 0 radical (unpaired) electrons. The minimum absolute atomic E-state index is 0.141. The van der Waals surface area contributed by atoms with Gasteiger partial charge in [0.25, 0.3) is 0 Å². The highest BCUT2D eigenvalue weighted by Gasteiger charge is 2.18. The van der Waals surface area contributed by atoms with Gasteiger partial charge in [-0.05, 0) is 64.4 Å². The molecule has 158 valence electrons. The second kappa shape index (κ2) is 8.18. The maximum Gasteiger partial charge on any atom is 0.0482 e. The first-order valence-corrected chi connectivity index (χ1v) is 10.8. The van der Waals surface area contributed by atoms with E-state index in [-0.39, 0.29) is 10.8 Å². The molecule has 0 fully saturated rings. The van der Waals surface area contributed by atoms with E-state index < -0.39 is 0 Å². The Morgan fingerprint density at radius 2 is 0.900 bits per heavy atom. The van der Waals surface area contributed by atoms with Crippen molar-refractivity contribution in [3.63, 3.8) is 0 Å². The molecular weight excluding hydrogens is 364 g/mol. The first kappa shape index (κ1) is 22.0. The lowest BCUT2D eigenvalue weighted by Gasteiger charge is -2.28. The second-order valence-electron chi connectivity index (χ2n) is 10.3. The Morgan fingerprint density at radius 1 is 0.500 bits per heavy atom. The summed E-state index contributed by atoms with van der Waals surface area (Å²) in [6, 6.07) is 26.7. The summed E-state index contributed by atoms with van der Waals surface area (Å²) in [5, 5.41) is 0. The molecule has 0 aliphatic carbocycles. The monoisotopic (exact) mass is 400 g/mol. The van der Waals surface area contributed by atoms with Crippen LogP contribution in [0.25, 0.3) is 0 Å². The fourth-order valence-electron chi connectivity index (χ4n) is 3.58. The van der Waals surface area contributed by atoms with Crippen molar-refractivity contribution in [1.82, 2.24) is 0 Å². The van der Waals surface area contributed by atoms with Gasteiger partial charge in [-0.25, -0.2) is 0 Å². The molecular formula is C28H36N2. The van der Waals surface area contributed by atoms with Gasteiger partial charge in [-0.1, -0.05) is 71.9 Å². The van der Waals surface area contributed by atoms with Gasteiger partial charge < -0.3 is 9.80 Å². The van der Waals surface area contributed by atoms with Crippen molar-refractivity contribution < 1.29 is 0 Å². The van der Waals surface area contributed by atoms with Gasteiger partial charge in [0.15, 0.2) is 0 Å². The highest BCUT2D eigenvalue weighted by atomic mass is 15.1. The zero-order valence-corrected chi connectivity index (χ0v) is 19.8. The fraction of sp³-hybridized carbons (Fsp3) is 0.357. The molecule has 3 rings (SSSR count). The van der Waals surface area contributed by atoms with Crippen LogP contribution in [0.3, 0.4) is 0 Å². The SMILES string of the molecule is CN(C)c1cccc(N(c2ccc(C(C)(C)C)cc2)c2ccc(C(C)(C)C)cc2)c1. The molecule has 0 aliphatic heterocycles. The molecule has 0 heterocycles. The lowest BCUT2D eigenvalue weighted by atomic mass is 9.86. The van der Waals surface area contributed by atoms with Crippen LogP contribution in [0.5, 0.6) is 0 Å². The predicted octanol–water partition coefficient (Wildman–Crippen LogP) is 7.82. The van der Waals surface area contributed by atoms with E-state index in [2.05, 4.69) is 138 Å². The Labute approximate surface area is 183 Å². The maximum atomic E-state index is 2.34. The predicted molar refractivity (Wildman–Crippen MR) is 133 cm³/mol. The zero-order valence-electron chi connectivity index (χ0n) is 19.8. The third-order valence-corrected chi connectivity index (χ3v) is 5.59. The lowest BCUT2D eigenvalue weighted by molar-refractivity contribution is 0.590. The topological polar surface area (TPSA) is 6.48 Å². The van der Waals surface area contributed by atoms with Crippen molar-refractivity contribution >= 4 is 22.7 Å². The molecule has 0 saturated carbocycles. The molecule has 0 saturated heterocycles. The van der Waals surface area contributed by atoms with Crippen LogP contribution >= 0.6 is 0 Å². The molecule has 0 atom stereocenters. The van der Waals surface area contributed by atoms with Crippen LogP contribution in [-0.2, 0) is 10.8 Å². The van der Waals surface area contributed by atoms with Gasteiger partial charge in [-0.3, -0.25) is 0 Å². The van der Waals surface area contributed by atoms with E-state index in [1.807, 2.05) is 0 Å². The van der Waals surface area contributed by atoms with Gasteiger partial charge in [0, 0.05) is 36.8 Å². The molecule has 0 bridgehead atoms. The third-order valence-electron chi connectivity index (χ3n) is 5.59. The van der Waals surface area contributed by atoms with Crippen LogP contribution in [-0.4, -0.2) is 14.1 Å². The number of anilines is 4. The summed E-state index contributed by atoms with van der Waals surface area (Å²) in [4.78, 5) is 4.49. The van der Waals surface area contributed by atoms with E-state index >= 15 is 0 Å². The minimum atomic E-state index is 0.141. The molecule has 0 spiro atoms. The van der Waals surface area contributed by atoms with Crippen LogP contribution in [0.1, 0.15) is 52.7 Å². The van der Waals surface area contributed by atoms with Gasteiger partial charge in [0.05, 0.1) is 0 Å². The van der Waals surface area contributed by atoms with Crippen molar-refractivity contribution in [3.05, 3.63) is 83.9 Å². The molecule has 0 unspecified atom stereocenters. The van der Waals surface area contributed by atoms with Gasteiger partial charge in [0.1, 0.15) is 0 Å². The first-order valence-electron chi connectivity index (χ1n) is 10.8. The van der Waals surface area contributed by atoms with E-state index in [0.717, 1.165) is 5.69 Å². The molecule has 0 amide bonds. The molecule has 30 heavy (non-hydrogen) atoms. The van der Waals surface area contributed by atoms with Crippen LogP contribution in [0.2, 0.25) is 0 Å². The van der Waals surface area contributed by atoms with Crippen LogP contribution in [0.4, 0.5) is 22.7 Å². The van der Waals surface area contributed by atoms with Crippen molar-refractivity contribution in [2.45, 2.75) is 52.4 Å². The average Bonchev–Trinajstić information content (AvgIpc) is 2.68. The second-order valence-corrected chi connectivity index (χ2v) is 10.3. The summed E-state index contributed by atoms with van der Waals surface area (Å²) < 4.78 is 0. The Morgan fingerprint density at radius 3 is 1.27 bits per heavy atom. The largest absolute Gasteiger partial charge is 0.378 e. The Hall–Kier alpha value is -2.74. The minimum Gasteiger partial charge on any atom is -0.378 e. The number of hydrogen-bond acceptors (Lipinski definition) is 2. The summed E-state index contributed by atoms with van der Waals surface area (Å²) in [6.45, 7) is 13.5. The van der Waals surface area contributed by atoms with E-state index in [4.69, 9.17) is 0 Å². The van der Waals surface area contributed by atoms with E-state index in [1.165, 1.54) is 28.2 Å². The summed E-state index contributed by atoms with van der Waals surface area (Å²) >= 11 is 0. The van der Waals surface area contributed by atoms with Gasteiger partial charge in [-0.15, -0.1) is 0 Å². The summed E-state index contributed by atoms with van der Waals surface area (Å²) in [6.07, 6.45) is 0. The zero-order chi connectivity index (χ0) is 22.1. The van der Waals surface area contributed by atoms with Crippen molar-refractivity contribution in [2.24, 2.45) is 0 Å². The van der Waals surface area contributed by atoms with Crippen LogP contribution in [0, 0.1) is 0 Å². The Balaban J connectivity index is 2.11. The average molecular weight is 401 g/mol. The Bertz CT molecular complexity index is 911. The van der Waals surface area contributed by atoms with Crippen LogP contribution < -0.4 is 9.80 Å². The van der Waals surface area contributed by atoms with Gasteiger partial charge in [0.2, 0.25) is 0 Å². The first-order chi connectivity index (χ1) is 14.0. The van der Waals surface area contributed by atoms with Gasteiger partial charge >= 0.3 is 0 Å². The molecule has 0 aromatic heterocycles. The summed E-state index contributed by atoms with van der Waals surface area (Å²) in [5.74, 6) is 0. The highest BCUT2D eigenvalue weighted by Crippen LogP contribution is 2.38. The summed E-state index contributed by atoms with van der Waals surface area (Å²) in [7, 11) is 4.17. The highest BCUT2D eigenvalue weighted by molar-refractivity contribution is 5.78. The number of benzene rings is 3. The maximum absolute atomic E-state index is 2.34. The molecule has 0 N–H and O–H groups in total. The molecule has 2 heteroatoms. The van der Waals surface area contributed by atoms with Gasteiger partial charge in [-0.2, -0.15) is 0 Å². The standard InChI is InChI=1S/C28H36N2/c1-27(2,3)21-12-16-23(17-13-21)30(26-11-9-10-25(20-26)29(7)8)24-18-14-22(15-19-24)28(4,5)6/h9-20H,1-8H3. The van der Waals surface area contributed by atoms with E-state index in [9.17, 15) is 0 Å². The molecule has 3 aromatic carbocycles. The van der Waals surface area contributed by atoms with Crippen molar-refractivity contribution in [3.8, 4) is 0 Å². The van der Waals surface area contributed by atoms with Crippen LogP contribution in [0.15, 0.2) is 72.8 Å². The number of hydrogen-bond donors (Lipinski definition) is 0. The lowest BCUT2D eigenvalue weighted by Crippen LogP contribution is -2.15. The van der Waals surface area contributed by atoms with Crippen molar-refractivity contribution in [2.75, 3.05) is 23.9 Å².